The van der Waals surface area contributed by atoms with Gasteiger partial charge in [-0.25, -0.2) is 13.1 Å². The first-order valence-electron chi connectivity index (χ1n) is 7.67. The molecular weight excluding hydrogens is 387 g/mol. The van der Waals surface area contributed by atoms with Crippen LogP contribution in [0.15, 0.2) is 41.3 Å². The van der Waals surface area contributed by atoms with E-state index in [0.717, 1.165) is 43.8 Å². The molecule has 0 bridgehead atoms. The molecule has 130 valence electrons. The number of nitrogens with one attached hydrogen (secondary N) is 1. The predicted molar refractivity (Wildman–Crippen MR) is 99.4 cm³/mol. The molecule has 1 saturated heterocycles. The van der Waals surface area contributed by atoms with Gasteiger partial charge in [0, 0.05) is 25.7 Å². The van der Waals surface area contributed by atoms with Crippen molar-refractivity contribution in [3.8, 4) is 0 Å². The number of nitrogens with zero attached hydrogens (tertiary/aromatic N) is 1. The Labute approximate surface area is 156 Å². The highest BCUT2D eigenvalue weighted by Crippen LogP contribution is 2.34. The fraction of sp³-hybridized carbons (Fsp3) is 0.375. The number of halogens is 2. The molecule has 4 nitrogen and oxygen atoms in total. The number of sulfonamides is 1. The molecule has 0 spiro atoms. The third kappa shape index (κ3) is 4.50. The summed E-state index contributed by atoms with van der Waals surface area (Å²) in [6, 6.07) is 11.6. The van der Waals surface area contributed by atoms with Crippen LogP contribution >= 0.6 is 34.5 Å². The first-order valence-corrected chi connectivity index (χ1v) is 10.7. The Bertz CT molecular complexity index is 786. The van der Waals surface area contributed by atoms with E-state index in [2.05, 4.69) is 21.8 Å². The van der Waals surface area contributed by atoms with Crippen LogP contribution in [0.25, 0.3) is 0 Å². The largest absolute Gasteiger partial charge is 0.299 e. The zero-order valence-electron chi connectivity index (χ0n) is 12.9. The third-order valence-corrected chi connectivity index (χ3v) is 7.35. The quantitative estimate of drug-likeness (QED) is 0.818. The molecule has 3 rings (SSSR count). The van der Waals surface area contributed by atoms with Crippen LogP contribution in [0.1, 0.15) is 18.4 Å². The summed E-state index contributed by atoms with van der Waals surface area (Å²) in [7, 11) is -3.62. The van der Waals surface area contributed by atoms with Crippen LogP contribution in [-0.2, 0) is 16.6 Å². The predicted octanol–water partition coefficient (Wildman–Crippen LogP) is 4.00. The first-order chi connectivity index (χ1) is 11.4. The summed E-state index contributed by atoms with van der Waals surface area (Å²) in [5.41, 5.74) is 1.27. The molecule has 0 atom stereocenters. The number of thiophene rings is 1. The van der Waals surface area contributed by atoms with Gasteiger partial charge in [-0.15, -0.1) is 11.3 Å². The SMILES string of the molecule is O=S(=O)(NC1CCN(Cc2ccccc2)CC1)c1cc(Cl)sc1Cl. The van der Waals surface area contributed by atoms with E-state index in [9.17, 15) is 8.42 Å². The summed E-state index contributed by atoms with van der Waals surface area (Å²) in [4.78, 5) is 2.42. The molecule has 0 radical (unpaired) electrons. The number of rotatable bonds is 5. The van der Waals surface area contributed by atoms with Crippen molar-refractivity contribution >= 4 is 44.6 Å². The van der Waals surface area contributed by atoms with Crippen molar-refractivity contribution in [1.29, 1.82) is 0 Å². The molecule has 0 aliphatic carbocycles. The second kappa shape index (κ2) is 7.72. The van der Waals surface area contributed by atoms with Crippen LogP contribution < -0.4 is 4.72 Å². The average Bonchev–Trinajstić information content (AvgIpc) is 2.90. The van der Waals surface area contributed by atoms with E-state index in [-0.39, 0.29) is 15.3 Å². The molecule has 1 fully saturated rings. The minimum atomic E-state index is -3.62. The topological polar surface area (TPSA) is 49.4 Å². The van der Waals surface area contributed by atoms with Gasteiger partial charge in [-0.1, -0.05) is 53.5 Å². The van der Waals surface area contributed by atoms with Gasteiger partial charge in [0.25, 0.3) is 0 Å². The van der Waals surface area contributed by atoms with Crippen molar-refractivity contribution in [3.63, 3.8) is 0 Å². The number of likely N-dealkylation sites (tertiary alicyclic amines) is 1. The monoisotopic (exact) mass is 404 g/mol. The lowest BCUT2D eigenvalue weighted by atomic mass is 10.1. The van der Waals surface area contributed by atoms with Crippen LogP contribution in [0.2, 0.25) is 8.67 Å². The minimum Gasteiger partial charge on any atom is -0.299 e. The molecule has 0 amide bonds. The van der Waals surface area contributed by atoms with Crippen LogP contribution in [0.5, 0.6) is 0 Å². The zero-order chi connectivity index (χ0) is 17.2. The summed E-state index contributed by atoms with van der Waals surface area (Å²) in [5.74, 6) is 0. The molecule has 2 aromatic rings. The van der Waals surface area contributed by atoms with Gasteiger partial charge in [0.2, 0.25) is 10.0 Å². The Kier molecular flexibility index (Phi) is 5.85. The Balaban J connectivity index is 1.56. The maximum absolute atomic E-state index is 12.4. The molecular formula is C16H18Cl2N2O2S2. The molecule has 1 aromatic carbocycles. The van der Waals surface area contributed by atoms with Crippen LogP contribution in [0, 0.1) is 0 Å². The van der Waals surface area contributed by atoms with Gasteiger partial charge in [-0.3, -0.25) is 4.90 Å². The number of hydrogen-bond acceptors (Lipinski definition) is 4. The lowest BCUT2D eigenvalue weighted by Gasteiger charge is -2.32. The first kappa shape index (κ1) is 18.2. The zero-order valence-corrected chi connectivity index (χ0v) is 16.1. The van der Waals surface area contributed by atoms with Gasteiger partial charge in [0.1, 0.15) is 9.23 Å². The Morgan fingerprint density at radius 1 is 1.17 bits per heavy atom. The van der Waals surface area contributed by atoms with Crippen molar-refractivity contribution in [3.05, 3.63) is 50.6 Å². The normalized spacial score (nSPS) is 17.2. The summed E-state index contributed by atoms with van der Waals surface area (Å²) in [6.07, 6.45) is 1.56. The van der Waals surface area contributed by atoms with Gasteiger partial charge in [0.15, 0.2) is 0 Å². The number of hydrogen-bond donors (Lipinski definition) is 1. The maximum Gasteiger partial charge on any atom is 0.243 e. The van der Waals surface area contributed by atoms with E-state index in [0.29, 0.717) is 4.34 Å². The van der Waals surface area contributed by atoms with E-state index in [4.69, 9.17) is 23.2 Å². The van der Waals surface area contributed by atoms with Gasteiger partial charge in [-0.2, -0.15) is 0 Å². The van der Waals surface area contributed by atoms with Gasteiger partial charge >= 0.3 is 0 Å². The summed E-state index contributed by atoms with van der Waals surface area (Å²) in [5, 5.41) is 0. The second-order valence-corrected chi connectivity index (χ2v) is 9.81. The summed E-state index contributed by atoms with van der Waals surface area (Å²) >= 11 is 12.9. The van der Waals surface area contributed by atoms with E-state index < -0.39 is 10.0 Å². The maximum atomic E-state index is 12.4. The third-order valence-electron chi connectivity index (χ3n) is 4.07. The van der Waals surface area contributed by atoms with E-state index in [1.807, 2.05) is 18.2 Å². The Morgan fingerprint density at radius 2 is 1.83 bits per heavy atom. The highest BCUT2D eigenvalue weighted by Gasteiger charge is 2.27. The molecule has 1 aliphatic heterocycles. The van der Waals surface area contributed by atoms with Crippen molar-refractivity contribution in [2.45, 2.75) is 30.3 Å². The molecule has 2 heterocycles. The molecule has 1 N–H and O–H groups in total. The fourth-order valence-electron chi connectivity index (χ4n) is 2.84. The second-order valence-electron chi connectivity index (χ2n) is 5.85. The molecule has 1 aliphatic rings. The molecule has 8 heteroatoms. The lowest BCUT2D eigenvalue weighted by Crippen LogP contribution is -2.44. The minimum absolute atomic E-state index is 0.0724. The van der Waals surface area contributed by atoms with Crippen LogP contribution in [-0.4, -0.2) is 32.4 Å². The van der Waals surface area contributed by atoms with Crippen molar-refractivity contribution < 1.29 is 8.42 Å². The highest BCUT2D eigenvalue weighted by atomic mass is 35.5. The van der Waals surface area contributed by atoms with Gasteiger partial charge < -0.3 is 0 Å². The van der Waals surface area contributed by atoms with Crippen molar-refractivity contribution in [1.82, 2.24) is 9.62 Å². The molecule has 0 unspecified atom stereocenters. The average molecular weight is 405 g/mol. The summed E-state index contributed by atoms with van der Waals surface area (Å²) in [6.45, 7) is 2.62. The van der Waals surface area contributed by atoms with E-state index in [1.165, 1.54) is 11.6 Å². The Morgan fingerprint density at radius 3 is 2.42 bits per heavy atom. The van der Waals surface area contributed by atoms with Crippen LogP contribution in [0.3, 0.4) is 0 Å². The highest BCUT2D eigenvalue weighted by molar-refractivity contribution is 7.89. The smallest absolute Gasteiger partial charge is 0.243 e. The van der Waals surface area contributed by atoms with Gasteiger partial charge in [0.05, 0.1) is 4.34 Å². The molecule has 24 heavy (non-hydrogen) atoms. The van der Waals surface area contributed by atoms with Crippen molar-refractivity contribution in [2.75, 3.05) is 13.1 Å². The molecule has 1 aromatic heterocycles. The van der Waals surface area contributed by atoms with Gasteiger partial charge in [-0.05, 0) is 24.5 Å². The number of piperidine rings is 1. The van der Waals surface area contributed by atoms with E-state index >= 15 is 0 Å². The molecule has 0 saturated carbocycles. The van der Waals surface area contributed by atoms with Crippen molar-refractivity contribution in [2.24, 2.45) is 0 Å². The van der Waals surface area contributed by atoms with E-state index in [1.54, 1.807) is 0 Å². The summed E-state index contributed by atoms with van der Waals surface area (Å²) < 4.78 is 28.2. The lowest BCUT2D eigenvalue weighted by molar-refractivity contribution is 0.200. The number of benzene rings is 1. The fourth-order valence-corrected chi connectivity index (χ4v) is 6.30. The Hall–Kier alpha value is -0.630. The standard InChI is InChI=1S/C16H18Cl2N2O2S2/c17-15-10-14(16(18)23-15)24(21,22)19-13-6-8-20(9-7-13)11-12-4-2-1-3-5-12/h1-5,10,13,19H,6-9,11H2. The van der Waals surface area contributed by atoms with Crippen LogP contribution in [0.4, 0.5) is 0 Å².